The summed E-state index contributed by atoms with van der Waals surface area (Å²) in [5.41, 5.74) is 2.61. The Morgan fingerprint density at radius 1 is 1.21 bits per heavy atom. The van der Waals surface area contributed by atoms with Crippen LogP contribution in [0.15, 0.2) is 48.8 Å². The molecule has 2 heterocycles. The molecule has 1 aliphatic rings. The minimum Gasteiger partial charge on any atom is -0.382 e. The number of hydrogen-bond acceptors (Lipinski definition) is 5. The number of amides is 1. The van der Waals surface area contributed by atoms with Crippen LogP contribution < -0.4 is 5.32 Å². The highest BCUT2D eigenvalue weighted by Gasteiger charge is 2.20. The predicted molar refractivity (Wildman–Crippen MR) is 111 cm³/mol. The molecule has 0 aliphatic carbocycles. The number of nitrogens with one attached hydrogen (secondary N) is 1. The van der Waals surface area contributed by atoms with Crippen molar-refractivity contribution in [2.75, 3.05) is 44.7 Å². The summed E-state index contributed by atoms with van der Waals surface area (Å²) in [5, 5.41) is 3.39. The molecule has 0 atom stereocenters. The smallest absolute Gasteiger partial charge is 0.256 e. The van der Waals surface area contributed by atoms with Crippen LogP contribution in [-0.2, 0) is 11.3 Å². The van der Waals surface area contributed by atoms with Crippen molar-refractivity contribution in [3.63, 3.8) is 0 Å². The van der Waals surface area contributed by atoms with Gasteiger partial charge in [-0.3, -0.25) is 14.7 Å². The molecule has 1 N–H and O–H groups in total. The van der Waals surface area contributed by atoms with Gasteiger partial charge in [0.25, 0.3) is 5.91 Å². The lowest BCUT2D eigenvalue weighted by molar-refractivity contribution is 0.0398. The topological polar surface area (TPSA) is 57.7 Å². The Balaban J connectivity index is 1.61. The molecule has 1 fully saturated rings. The van der Waals surface area contributed by atoms with E-state index in [2.05, 4.69) is 15.2 Å². The molecule has 28 heavy (non-hydrogen) atoms. The molecule has 150 valence electrons. The van der Waals surface area contributed by atoms with Crippen LogP contribution in [0.4, 0.5) is 5.69 Å². The molecule has 0 unspecified atom stereocenters. The molecule has 0 bridgehead atoms. The number of ether oxygens (including phenoxy) is 1. The predicted octanol–water partition coefficient (Wildman–Crippen LogP) is 2.88. The van der Waals surface area contributed by atoms with E-state index >= 15 is 0 Å². The second-order valence-electron chi connectivity index (χ2n) is 7.36. The number of morpholine rings is 1. The van der Waals surface area contributed by atoms with Crippen molar-refractivity contribution in [3.05, 3.63) is 59.9 Å². The van der Waals surface area contributed by atoms with Gasteiger partial charge in [-0.2, -0.15) is 0 Å². The summed E-state index contributed by atoms with van der Waals surface area (Å²) in [6.45, 7) is 9.99. The Labute approximate surface area is 167 Å². The highest BCUT2D eigenvalue weighted by molar-refractivity contribution is 5.94. The first-order valence-corrected chi connectivity index (χ1v) is 9.97. The number of pyridine rings is 1. The van der Waals surface area contributed by atoms with Gasteiger partial charge in [-0.05, 0) is 25.5 Å². The van der Waals surface area contributed by atoms with Crippen LogP contribution in [-0.4, -0.2) is 66.1 Å². The van der Waals surface area contributed by atoms with E-state index in [1.165, 1.54) is 0 Å². The Kier molecular flexibility index (Phi) is 7.39. The lowest BCUT2D eigenvalue weighted by Gasteiger charge is -2.27. The summed E-state index contributed by atoms with van der Waals surface area (Å²) in [6, 6.07) is 12.1. The van der Waals surface area contributed by atoms with Crippen LogP contribution in [0.2, 0.25) is 0 Å². The van der Waals surface area contributed by atoms with E-state index in [-0.39, 0.29) is 11.9 Å². The van der Waals surface area contributed by atoms with Crippen LogP contribution in [0, 0.1) is 0 Å². The van der Waals surface area contributed by atoms with Gasteiger partial charge in [0.1, 0.15) is 0 Å². The third-order valence-electron chi connectivity index (χ3n) is 4.93. The van der Waals surface area contributed by atoms with Crippen LogP contribution in [0.5, 0.6) is 0 Å². The summed E-state index contributed by atoms with van der Waals surface area (Å²) in [4.78, 5) is 21.6. The Bertz CT molecular complexity index is 745. The fourth-order valence-electron chi connectivity index (χ4n) is 3.27. The van der Waals surface area contributed by atoms with Crippen molar-refractivity contribution in [2.45, 2.75) is 26.4 Å². The molecule has 1 amide bonds. The molecule has 3 rings (SSSR count). The van der Waals surface area contributed by atoms with Gasteiger partial charge in [-0.1, -0.05) is 30.3 Å². The van der Waals surface area contributed by atoms with Gasteiger partial charge >= 0.3 is 0 Å². The molecule has 1 saturated heterocycles. The fourth-order valence-corrected chi connectivity index (χ4v) is 3.27. The number of nitrogens with zero attached hydrogens (tertiary/aromatic N) is 3. The van der Waals surface area contributed by atoms with Gasteiger partial charge in [0.05, 0.1) is 24.5 Å². The molecule has 1 aliphatic heterocycles. The van der Waals surface area contributed by atoms with Crippen LogP contribution in [0.3, 0.4) is 0 Å². The highest BCUT2D eigenvalue weighted by Crippen LogP contribution is 2.15. The third-order valence-corrected chi connectivity index (χ3v) is 4.93. The zero-order valence-corrected chi connectivity index (χ0v) is 16.8. The van der Waals surface area contributed by atoms with Crippen molar-refractivity contribution >= 4 is 11.6 Å². The average molecular weight is 383 g/mol. The number of aromatic nitrogens is 1. The molecular formula is C22H30N4O2. The van der Waals surface area contributed by atoms with Crippen molar-refractivity contribution in [1.82, 2.24) is 14.8 Å². The first-order valence-electron chi connectivity index (χ1n) is 9.97. The summed E-state index contributed by atoms with van der Waals surface area (Å²) in [6.07, 6.45) is 3.42. The number of hydrogen-bond donors (Lipinski definition) is 1. The third kappa shape index (κ3) is 5.78. The lowest BCUT2D eigenvalue weighted by atomic mass is 10.1. The molecule has 6 heteroatoms. The van der Waals surface area contributed by atoms with Crippen LogP contribution >= 0.6 is 0 Å². The second kappa shape index (κ2) is 10.2. The van der Waals surface area contributed by atoms with Gasteiger partial charge in [-0.15, -0.1) is 0 Å². The summed E-state index contributed by atoms with van der Waals surface area (Å²) in [7, 11) is 0. The van der Waals surface area contributed by atoms with Gasteiger partial charge < -0.3 is 15.0 Å². The fraction of sp³-hybridized carbons (Fsp3) is 0.455. The maximum Gasteiger partial charge on any atom is 0.256 e. The van der Waals surface area contributed by atoms with Gasteiger partial charge in [-0.25, -0.2) is 0 Å². The second-order valence-corrected chi connectivity index (χ2v) is 7.36. The monoisotopic (exact) mass is 382 g/mol. The molecule has 6 nitrogen and oxygen atoms in total. The molecule has 2 aromatic rings. The molecular weight excluding hydrogens is 352 g/mol. The van der Waals surface area contributed by atoms with E-state index in [4.69, 9.17) is 4.74 Å². The van der Waals surface area contributed by atoms with Gasteiger partial charge in [0.15, 0.2) is 0 Å². The maximum atomic E-state index is 13.1. The van der Waals surface area contributed by atoms with E-state index in [1.54, 1.807) is 12.4 Å². The van der Waals surface area contributed by atoms with Gasteiger partial charge in [0, 0.05) is 51.2 Å². The zero-order chi connectivity index (χ0) is 19.8. The minimum atomic E-state index is 0.00295. The molecule has 1 aromatic carbocycles. The van der Waals surface area contributed by atoms with E-state index < -0.39 is 0 Å². The Morgan fingerprint density at radius 2 is 1.96 bits per heavy atom. The van der Waals surface area contributed by atoms with Crippen LogP contribution in [0.25, 0.3) is 0 Å². The normalized spacial score (nSPS) is 14.8. The Hall–Kier alpha value is -2.44. The molecule has 0 saturated carbocycles. The van der Waals surface area contributed by atoms with Gasteiger partial charge in [0.2, 0.25) is 0 Å². The number of carbonyl (C=O) groups is 1. The summed E-state index contributed by atoms with van der Waals surface area (Å²) in [5.74, 6) is 0.00295. The SMILES string of the molecule is CC(C)N(Cc1ccccc1)C(=O)c1cncc(NCCN2CCOCC2)c1. The number of benzene rings is 1. The van der Waals surface area contributed by atoms with Crippen LogP contribution in [0.1, 0.15) is 29.8 Å². The van der Waals surface area contributed by atoms with Crippen molar-refractivity contribution in [3.8, 4) is 0 Å². The summed E-state index contributed by atoms with van der Waals surface area (Å²) < 4.78 is 5.38. The van der Waals surface area contributed by atoms with Crippen molar-refractivity contribution in [2.24, 2.45) is 0 Å². The van der Waals surface area contributed by atoms with Crippen molar-refractivity contribution < 1.29 is 9.53 Å². The average Bonchev–Trinajstić information content (AvgIpc) is 2.73. The molecule has 0 spiro atoms. The molecule has 1 aromatic heterocycles. The van der Waals surface area contributed by atoms with E-state index in [1.807, 2.05) is 55.1 Å². The first kappa shape index (κ1) is 20.3. The largest absolute Gasteiger partial charge is 0.382 e. The quantitative estimate of drug-likeness (QED) is 0.761. The lowest BCUT2D eigenvalue weighted by Crippen LogP contribution is -2.39. The standard InChI is InChI=1S/C22H30N4O2/c1-18(2)26(17-19-6-4-3-5-7-19)22(27)20-14-21(16-23-15-20)24-8-9-25-10-12-28-13-11-25/h3-7,14-16,18,24H,8-13,17H2,1-2H3. The summed E-state index contributed by atoms with van der Waals surface area (Å²) >= 11 is 0. The van der Waals surface area contributed by atoms with E-state index in [0.29, 0.717) is 12.1 Å². The first-order chi connectivity index (χ1) is 13.6. The van der Waals surface area contributed by atoms with Crippen molar-refractivity contribution in [1.29, 1.82) is 0 Å². The number of carbonyl (C=O) groups excluding carboxylic acids is 1. The zero-order valence-electron chi connectivity index (χ0n) is 16.8. The minimum absolute atomic E-state index is 0.00295. The highest BCUT2D eigenvalue weighted by atomic mass is 16.5. The van der Waals surface area contributed by atoms with E-state index in [0.717, 1.165) is 50.6 Å². The Morgan fingerprint density at radius 3 is 2.68 bits per heavy atom. The molecule has 0 radical (unpaired) electrons. The number of rotatable bonds is 8. The number of anilines is 1. The maximum absolute atomic E-state index is 13.1. The van der Waals surface area contributed by atoms with E-state index in [9.17, 15) is 4.79 Å².